The minimum Gasteiger partial charge on any atom is -0.490 e. The monoisotopic (exact) mass is 453 g/mol. The molecule has 1 aliphatic rings. The van der Waals surface area contributed by atoms with Gasteiger partial charge in [-0.25, -0.2) is 13.1 Å². The van der Waals surface area contributed by atoms with Crippen LogP contribution < -0.4 is 19.5 Å². The number of ether oxygens (including phenoxy) is 2. The van der Waals surface area contributed by atoms with E-state index in [9.17, 15) is 13.2 Å². The van der Waals surface area contributed by atoms with Gasteiger partial charge in [-0.1, -0.05) is 12.1 Å². The largest absolute Gasteiger partial charge is 0.490 e. The quantitative estimate of drug-likeness (QED) is 0.591. The number of hydrogen-bond donors (Lipinski definition) is 2. The Morgan fingerprint density at radius 3 is 2.59 bits per heavy atom. The van der Waals surface area contributed by atoms with Crippen LogP contribution in [0, 0.1) is 0 Å². The minimum atomic E-state index is -3.86. The first-order valence-electron chi connectivity index (χ1n) is 10.2. The van der Waals surface area contributed by atoms with Gasteiger partial charge in [-0.15, -0.1) is 0 Å². The summed E-state index contributed by atoms with van der Waals surface area (Å²) in [6.07, 6.45) is 2.38. The molecule has 1 aliphatic heterocycles. The molecule has 0 radical (unpaired) electrons. The molecule has 0 spiro atoms. The van der Waals surface area contributed by atoms with Gasteiger partial charge in [0.05, 0.1) is 29.8 Å². The van der Waals surface area contributed by atoms with Gasteiger partial charge in [0, 0.05) is 29.9 Å². The van der Waals surface area contributed by atoms with Crippen molar-refractivity contribution in [2.75, 3.05) is 18.5 Å². The highest BCUT2D eigenvalue weighted by Crippen LogP contribution is 2.32. The molecular weight excluding hydrogens is 430 g/mol. The molecule has 0 aliphatic carbocycles. The average Bonchev–Trinajstić information content (AvgIpc) is 3.04. The van der Waals surface area contributed by atoms with Crippen LogP contribution in [0.15, 0.2) is 71.8 Å². The maximum atomic E-state index is 12.8. The van der Waals surface area contributed by atoms with Gasteiger partial charge in [-0.3, -0.25) is 9.78 Å². The van der Waals surface area contributed by atoms with Crippen molar-refractivity contribution in [2.24, 2.45) is 0 Å². The van der Waals surface area contributed by atoms with Crippen molar-refractivity contribution in [2.45, 2.75) is 24.3 Å². The summed E-state index contributed by atoms with van der Waals surface area (Å²) >= 11 is 0. The summed E-state index contributed by atoms with van der Waals surface area (Å²) in [6, 6.07) is 15.8. The van der Waals surface area contributed by atoms with Crippen LogP contribution in [0.4, 0.5) is 5.69 Å². The second-order valence-corrected chi connectivity index (χ2v) is 9.01. The Bertz CT molecular complexity index is 1220. The zero-order valence-electron chi connectivity index (χ0n) is 17.4. The highest BCUT2D eigenvalue weighted by Gasteiger charge is 2.21. The highest BCUT2D eigenvalue weighted by atomic mass is 32.2. The fourth-order valence-electron chi connectivity index (χ4n) is 3.24. The summed E-state index contributed by atoms with van der Waals surface area (Å²) in [4.78, 5) is 16.9. The van der Waals surface area contributed by atoms with Crippen molar-refractivity contribution in [3.05, 3.63) is 78.1 Å². The third kappa shape index (κ3) is 5.06. The lowest BCUT2D eigenvalue weighted by Crippen LogP contribution is -2.27. The SMILES string of the molecule is CC(NS(=O)(=O)c1cccc(C(=O)Nc2ccc3c(c2)OCCCO3)c1)c1ccccn1. The van der Waals surface area contributed by atoms with Gasteiger partial charge in [0.15, 0.2) is 11.5 Å². The molecule has 4 rings (SSSR count). The van der Waals surface area contributed by atoms with Crippen LogP contribution in [0.1, 0.15) is 35.4 Å². The molecule has 0 saturated carbocycles. The smallest absolute Gasteiger partial charge is 0.255 e. The molecule has 2 N–H and O–H groups in total. The number of nitrogens with one attached hydrogen (secondary N) is 2. The Balaban J connectivity index is 1.50. The summed E-state index contributed by atoms with van der Waals surface area (Å²) in [5, 5.41) is 2.77. The molecule has 8 nitrogen and oxygen atoms in total. The van der Waals surface area contributed by atoms with Crippen LogP contribution in [0.3, 0.4) is 0 Å². The van der Waals surface area contributed by atoms with E-state index in [1.165, 1.54) is 18.2 Å². The summed E-state index contributed by atoms with van der Waals surface area (Å²) in [5.74, 6) is 0.750. The normalized spacial score (nSPS) is 14.3. The van der Waals surface area contributed by atoms with Crippen molar-refractivity contribution >= 4 is 21.6 Å². The van der Waals surface area contributed by atoms with E-state index >= 15 is 0 Å². The van der Waals surface area contributed by atoms with E-state index in [4.69, 9.17) is 9.47 Å². The molecule has 1 amide bonds. The number of sulfonamides is 1. The average molecular weight is 454 g/mol. The Labute approximate surface area is 186 Å². The number of carbonyl (C=O) groups excluding carboxylic acids is 1. The Morgan fingerprint density at radius 1 is 1.00 bits per heavy atom. The van der Waals surface area contributed by atoms with Crippen LogP contribution in [0.25, 0.3) is 0 Å². The topological polar surface area (TPSA) is 107 Å². The fourth-order valence-corrected chi connectivity index (χ4v) is 4.50. The molecule has 1 unspecified atom stereocenters. The summed E-state index contributed by atoms with van der Waals surface area (Å²) < 4.78 is 39.5. The first-order valence-corrected chi connectivity index (χ1v) is 11.6. The van der Waals surface area contributed by atoms with Crippen molar-refractivity contribution < 1.29 is 22.7 Å². The van der Waals surface area contributed by atoms with Crippen molar-refractivity contribution in [3.8, 4) is 11.5 Å². The second-order valence-electron chi connectivity index (χ2n) is 7.29. The molecule has 1 aromatic heterocycles. The Kier molecular flexibility index (Phi) is 6.38. The van der Waals surface area contributed by atoms with E-state index in [1.54, 1.807) is 55.6 Å². The van der Waals surface area contributed by atoms with E-state index in [2.05, 4.69) is 15.0 Å². The summed E-state index contributed by atoms with van der Waals surface area (Å²) in [6.45, 7) is 2.82. The van der Waals surface area contributed by atoms with Crippen molar-refractivity contribution in [1.29, 1.82) is 0 Å². The first kappa shape index (κ1) is 21.8. The number of benzene rings is 2. The summed E-state index contributed by atoms with van der Waals surface area (Å²) in [7, 11) is -3.86. The van der Waals surface area contributed by atoms with E-state index in [0.717, 1.165) is 6.42 Å². The number of carbonyl (C=O) groups is 1. The lowest BCUT2D eigenvalue weighted by atomic mass is 10.2. The van der Waals surface area contributed by atoms with E-state index < -0.39 is 22.0 Å². The number of nitrogens with zero attached hydrogens (tertiary/aromatic N) is 1. The number of aromatic nitrogens is 1. The fraction of sp³-hybridized carbons (Fsp3) is 0.217. The zero-order chi connectivity index (χ0) is 22.6. The molecular formula is C23H23N3O5S. The molecule has 32 heavy (non-hydrogen) atoms. The molecule has 0 saturated heterocycles. The molecule has 2 heterocycles. The highest BCUT2D eigenvalue weighted by molar-refractivity contribution is 7.89. The van der Waals surface area contributed by atoms with Gasteiger partial charge >= 0.3 is 0 Å². The lowest BCUT2D eigenvalue weighted by molar-refractivity contribution is 0.102. The van der Waals surface area contributed by atoms with E-state index in [-0.39, 0.29) is 10.5 Å². The number of anilines is 1. The first-order chi connectivity index (χ1) is 15.4. The van der Waals surface area contributed by atoms with Crippen LogP contribution >= 0.6 is 0 Å². The predicted octanol–water partition coefficient (Wildman–Crippen LogP) is 3.53. The van der Waals surface area contributed by atoms with Gasteiger partial charge in [0.1, 0.15) is 0 Å². The van der Waals surface area contributed by atoms with Crippen LogP contribution in [-0.4, -0.2) is 32.5 Å². The van der Waals surface area contributed by atoms with Crippen molar-refractivity contribution in [1.82, 2.24) is 9.71 Å². The molecule has 0 fully saturated rings. The maximum Gasteiger partial charge on any atom is 0.255 e. The third-order valence-corrected chi connectivity index (χ3v) is 6.41. The van der Waals surface area contributed by atoms with Gasteiger partial charge in [0.2, 0.25) is 10.0 Å². The van der Waals surface area contributed by atoms with Gasteiger partial charge in [0.25, 0.3) is 5.91 Å². The summed E-state index contributed by atoms with van der Waals surface area (Å²) in [5.41, 5.74) is 1.33. The van der Waals surface area contributed by atoms with Gasteiger partial charge in [-0.05, 0) is 49.4 Å². The molecule has 166 valence electrons. The molecule has 9 heteroatoms. The number of rotatable bonds is 6. The lowest BCUT2D eigenvalue weighted by Gasteiger charge is -2.14. The third-order valence-electron chi connectivity index (χ3n) is 4.88. The van der Waals surface area contributed by atoms with Crippen molar-refractivity contribution in [3.63, 3.8) is 0 Å². The number of pyridine rings is 1. The predicted molar refractivity (Wildman–Crippen MR) is 119 cm³/mol. The second kappa shape index (κ2) is 9.37. The van der Waals surface area contributed by atoms with Crippen LogP contribution in [0.2, 0.25) is 0 Å². The number of fused-ring (bicyclic) bond motifs is 1. The standard InChI is InChI=1S/C23H23N3O5S/c1-16(20-8-2-3-11-24-20)26-32(28,29)19-7-4-6-17(14-19)23(27)25-18-9-10-21-22(15-18)31-13-5-12-30-21/h2-4,6-11,14-16,26H,5,12-13H2,1H3,(H,25,27). The number of amides is 1. The molecule has 1 atom stereocenters. The molecule has 2 aromatic carbocycles. The van der Waals surface area contributed by atoms with Gasteiger partial charge < -0.3 is 14.8 Å². The molecule has 0 bridgehead atoms. The van der Waals surface area contributed by atoms with E-state index in [0.29, 0.717) is 36.1 Å². The number of hydrogen-bond acceptors (Lipinski definition) is 6. The van der Waals surface area contributed by atoms with E-state index in [1.807, 2.05) is 0 Å². The Morgan fingerprint density at radius 2 is 1.81 bits per heavy atom. The maximum absolute atomic E-state index is 12.8. The zero-order valence-corrected chi connectivity index (χ0v) is 18.3. The van der Waals surface area contributed by atoms with Gasteiger partial charge in [-0.2, -0.15) is 0 Å². The Hall–Kier alpha value is -3.43. The molecule has 3 aromatic rings. The van der Waals surface area contributed by atoms with Crippen LogP contribution in [0.5, 0.6) is 11.5 Å². The minimum absolute atomic E-state index is 0.00778. The van der Waals surface area contributed by atoms with Crippen LogP contribution in [-0.2, 0) is 10.0 Å².